The highest BCUT2D eigenvalue weighted by atomic mass is 15.1. The van der Waals surface area contributed by atoms with Gasteiger partial charge in [0, 0.05) is 36.6 Å². The summed E-state index contributed by atoms with van der Waals surface area (Å²) in [6.07, 6.45) is 12.3. The normalized spacial score (nSPS) is 14.2. The Hall–Kier alpha value is -2.39. The average Bonchev–Trinajstić information content (AvgIpc) is 3.16. The maximum atomic E-state index is 4.82. The number of hydrogen-bond acceptors (Lipinski definition) is 2. The number of aromatic nitrogens is 2. The highest BCUT2D eigenvalue weighted by molar-refractivity contribution is 5.78. The van der Waals surface area contributed by atoms with Crippen LogP contribution in [0.3, 0.4) is 0 Å². The second-order valence-corrected chi connectivity index (χ2v) is 8.31. The van der Waals surface area contributed by atoms with Crippen molar-refractivity contribution in [2.24, 2.45) is 0 Å². The Morgan fingerprint density at radius 1 is 1.03 bits per heavy atom. The van der Waals surface area contributed by atoms with E-state index in [1.807, 2.05) is 17.0 Å². The summed E-state index contributed by atoms with van der Waals surface area (Å²) in [5.74, 6) is 0. The topological polar surface area (TPSA) is 21.1 Å². The van der Waals surface area contributed by atoms with Crippen LogP contribution in [0.15, 0.2) is 49.2 Å². The van der Waals surface area contributed by atoms with Crippen LogP contribution >= 0.6 is 0 Å². The fraction of sp³-hybridized carbons (Fsp3) is 0.423. The summed E-state index contributed by atoms with van der Waals surface area (Å²) < 4.78 is 2.00. The first-order valence-electron chi connectivity index (χ1n) is 11.2. The Labute approximate surface area is 175 Å². The summed E-state index contributed by atoms with van der Waals surface area (Å²) in [5, 5.41) is 1.18. The van der Waals surface area contributed by atoms with Crippen LogP contribution in [-0.4, -0.2) is 27.5 Å². The van der Waals surface area contributed by atoms with E-state index in [1.54, 1.807) is 11.1 Å². The Balaban J connectivity index is 1.22. The molecule has 4 rings (SSSR count). The van der Waals surface area contributed by atoms with E-state index >= 15 is 0 Å². The Morgan fingerprint density at radius 3 is 2.83 bits per heavy atom. The summed E-state index contributed by atoms with van der Waals surface area (Å²) in [7, 11) is 0. The molecule has 3 aromatic rings. The van der Waals surface area contributed by atoms with E-state index in [4.69, 9.17) is 4.98 Å². The molecule has 0 unspecified atom stereocenters. The molecule has 0 fully saturated rings. The van der Waals surface area contributed by atoms with Gasteiger partial charge < -0.3 is 4.57 Å². The van der Waals surface area contributed by atoms with E-state index in [0.29, 0.717) is 0 Å². The molecule has 0 saturated heterocycles. The molecule has 0 bridgehead atoms. The van der Waals surface area contributed by atoms with Gasteiger partial charge in [0.15, 0.2) is 0 Å². The number of hydrogen-bond donors (Lipinski definition) is 0. The van der Waals surface area contributed by atoms with Gasteiger partial charge in [0.25, 0.3) is 0 Å². The van der Waals surface area contributed by atoms with Crippen LogP contribution in [0.5, 0.6) is 0 Å². The van der Waals surface area contributed by atoms with Gasteiger partial charge >= 0.3 is 0 Å². The predicted octanol–water partition coefficient (Wildman–Crippen LogP) is 5.86. The zero-order chi connectivity index (χ0) is 20.1. The van der Waals surface area contributed by atoms with Crippen LogP contribution in [0.4, 0.5) is 0 Å². The Bertz CT molecular complexity index is 969. The lowest BCUT2D eigenvalue weighted by molar-refractivity contribution is 0.248. The zero-order valence-electron chi connectivity index (χ0n) is 17.7. The molecule has 3 heterocycles. The molecule has 3 heteroatoms. The molecule has 0 N–H and O–H groups in total. The van der Waals surface area contributed by atoms with Crippen LogP contribution in [0.2, 0.25) is 0 Å². The highest BCUT2D eigenvalue weighted by Crippen LogP contribution is 2.22. The third-order valence-corrected chi connectivity index (χ3v) is 6.13. The minimum absolute atomic E-state index is 1.02. The van der Waals surface area contributed by atoms with Crippen molar-refractivity contribution in [3.8, 4) is 0 Å². The van der Waals surface area contributed by atoms with Crippen LogP contribution < -0.4 is 0 Å². The first kappa shape index (κ1) is 19.9. The lowest BCUT2D eigenvalue weighted by Crippen LogP contribution is -2.31. The fourth-order valence-corrected chi connectivity index (χ4v) is 4.47. The molecule has 0 amide bonds. The molecule has 0 radical (unpaired) electrons. The number of aryl methyl sites for hydroxylation is 2. The molecule has 1 aromatic carbocycles. The first-order valence-corrected chi connectivity index (χ1v) is 11.2. The van der Waals surface area contributed by atoms with Gasteiger partial charge in [0.05, 0.1) is 0 Å². The maximum Gasteiger partial charge on any atom is 0.144 e. The first-order chi connectivity index (χ1) is 14.3. The number of rotatable bonds is 9. The highest BCUT2D eigenvalue weighted by Gasteiger charge is 2.16. The molecule has 1 aliphatic heterocycles. The van der Waals surface area contributed by atoms with Crippen molar-refractivity contribution in [3.63, 3.8) is 0 Å². The van der Waals surface area contributed by atoms with Crippen LogP contribution in [0, 0.1) is 0 Å². The van der Waals surface area contributed by atoms with Gasteiger partial charge in [-0.3, -0.25) is 4.90 Å². The number of pyridine rings is 1. The van der Waals surface area contributed by atoms with E-state index in [2.05, 4.69) is 54.8 Å². The van der Waals surface area contributed by atoms with Gasteiger partial charge in [-0.15, -0.1) is 0 Å². The number of unbranched alkanes of at least 4 members (excludes halogenated alkanes) is 2. The molecule has 0 spiro atoms. The lowest BCUT2D eigenvalue weighted by atomic mass is 9.95. The molecule has 3 nitrogen and oxygen atoms in total. The second kappa shape index (κ2) is 9.41. The van der Waals surface area contributed by atoms with E-state index < -0.39 is 0 Å². The molecule has 0 saturated carbocycles. The third-order valence-electron chi connectivity index (χ3n) is 6.13. The molecule has 0 atom stereocenters. The van der Waals surface area contributed by atoms with Crippen LogP contribution in [-0.2, 0) is 25.8 Å². The summed E-state index contributed by atoms with van der Waals surface area (Å²) >= 11 is 0. The van der Waals surface area contributed by atoms with Gasteiger partial charge in [0.1, 0.15) is 5.65 Å². The smallest absolute Gasteiger partial charge is 0.144 e. The summed E-state index contributed by atoms with van der Waals surface area (Å²) in [5.41, 5.74) is 6.84. The van der Waals surface area contributed by atoms with E-state index in [1.165, 1.54) is 68.3 Å². The van der Waals surface area contributed by atoms with Gasteiger partial charge in [-0.1, -0.05) is 44.5 Å². The number of benzene rings is 1. The molecule has 29 heavy (non-hydrogen) atoms. The molecule has 1 aliphatic rings. The molecule has 0 aliphatic carbocycles. The minimum Gasteiger partial charge on any atom is -0.309 e. The SMILES string of the molecule is C=Cn1ccc2ccc(CCCCCN3CCc4cc(CCC)ccc4C3)nc21. The van der Waals surface area contributed by atoms with Gasteiger partial charge in [-0.05, 0) is 73.5 Å². The average molecular weight is 388 g/mol. The van der Waals surface area contributed by atoms with E-state index in [9.17, 15) is 0 Å². The van der Waals surface area contributed by atoms with Crippen LogP contribution in [0.1, 0.15) is 55.0 Å². The van der Waals surface area contributed by atoms with Crippen LogP contribution in [0.25, 0.3) is 17.2 Å². The summed E-state index contributed by atoms with van der Waals surface area (Å²) in [6, 6.07) is 13.6. The fourth-order valence-electron chi connectivity index (χ4n) is 4.47. The van der Waals surface area contributed by atoms with Gasteiger partial charge in [-0.2, -0.15) is 0 Å². The van der Waals surface area contributed by atoms with Gasteiger partial charge in [-0.25, -0.2) is 4.98 Å². The Morgan fingerprint density at radius 2 is 1.97 bits per heavy atom. The van der Waals surface area contributed by atoms with Crippen molar-refractivity contribution in [2.75, 3.05) is 13.1 Å². The van der Waals surface area contributed by atoms with Crippen molar-refractivity contribution in [2.45, 2.75) is 58.4 Å². The standard InChI is InChI=1S/C26H33N3/c1-3-8-21-10-11-24-20-28(17-14-23(24)19-21)16-7-5-6-9-25-13-12-22-15-18-29(4-2)26(22)27-25/h4,10-13,15,18-19H,2-3,5-9,14,16-17,20H2,1H3. The Kier molecular flexibility index (Phi) is 6.46. The summed E-state index contributed by atoms with van der Waals surface area (Å²) in [6.45, 7) is 9.66. The lowest BCUT2D eigenvalue weighted by Gasteiger charge is -2.29. The van der Waals surface area contributed by atoms with Gasteiger partial charge in [0.2, 0.25) is 0 Å². The van der Waals surface area contributed by atoms with Crippen molar-refractivity contribution < 1.29 is 0 Å². The molecular formula is C26H33N3. The van der Waals surface area contributed by atoms with Crippen molar-refractivity contribution in [3.05, 3.63) is 71.6 Å². The third kappa shape index (κ3) is 4.79. The second-order valence-electron chi connectivity index (χ2n) is 8.31. The van der Waals surface area contributed by atoms with Crippen molar-refractivity contribution in [1.29, 1.82) is 0 Å². The molecule has 2 aromatic heterocycles. The van der Waals surface area contributed by atoms with E-state index in [0.717, 1.165) is 18.6 Å². The summed E-state index contributed by atoms with van der Waals surface area (Å²) in [4.78, 5) is 7.45. The largest absolute Gasteiger partial charge is 0.309 e. The molecule has 152 valence electrons. The minimum atomic E-state index is 1.02. The predicted molar refractivity (Wildman–Crippen MR) is 123 cm³/mol. The monoisotopic (exact) mass is 387 g/mol. The maximum absolute atomic E-state index is 4.82. The molecular weight excluding hydrogens is 354 g/mol. The zero-order valence-corrected chi connectivity index (χ0v) is 17.7. The number of fused-ring (bicyclic) bond motifs is 2. The van der Waals surface area contributed by atoms with Crippen molar-refractivity contribution >= 4 is 17.2 Å². The van der Waals surface area contributed by atoms with E-state index in [-0.39, 0.29) is 0 Å². The van der Waals surface area contributed by atoms with Crippen molar-refractivity contribution in [1.82, 2.24) is 14.5 Å². The number of nitrogens with zero attached hydrogens (tertiary/aromatic N) is 3. The quantitative estimate of drug-likeness (QED) is 0.429.